The number of hydrogen-bond acceptors (Lipinski definition) is 3. The number of amides is 4. The largest absolute Gasteiger partial charge is 0.326 e. The van der Waals surface area contributed by atoms with E-state index in [-0.39, 0.29) is 11.8 Å². The minimum absolute atomic E-state index is 0.0420. The van der Waals surface area contributed by atoms with Crippen LogP contribution in [0.5, 0.6) is 0 Å². The van der Waals surface area contributed by atoms with Gasteiger partial charge in [0.2, 0.25) is 5.91 Å². The van der Waals surface area contributed by atoms with E-state index in [1.54, 1.807) is 24.3 Å². The highest BCUT2D eigenvalue weighted by Gasteiger charge is 2.30. The van der Waals surface area contributed by atoms with Crippen LogP contribution in [0.1, 0.15) is 31.9 Å². The van der Waals surface area contributed by atoms with Crippen LogP contribution in [0.4, 0.5) is 10.5 Å². The second-order valence-electron chi connectivity index (χ2n) is 5.16. The highest BCUT2D eigenvalue weighted by molar-refractivity contribution is 6.04. The van der Waals surface area contributed by atoms with Gasteiger partial charge < -0.3 is 10.6 Å². The molecule has 3 N–H and O–H groups in total. The standard InChI is InChI=1S/C14H17N3O3/c1-8(2)7-11(18)15-10-5-3-9(4-6-10)12-13(19)17-14(20)16-12/h3-6,8,12H,7H2,1-2H3,(H,15,18)(H2,16,17,19,20). The number of benzene rings is 1. The summed E-state index contributed by atoms with van der Waals surface area (Å²) in [4.78, 5) is 34.2. The van der Waals surface area contributed by atoms with E-state index in [4.69, 9.17) is 0 Å². The number of carbonyl (C=O) groups is 3. The zero-order valence-electron chi connectivity index (χ0n) is 11.4. The van der Waals surface area contributed by atoms with Crippen LogP contribution in [0.3, 0.4) is 0 Å². The van der Waals surface area contributed by atoms with Gasteiger partial charge >= 0.3 is 6.03 Å². The lowest BCUT2D eigenvalue weighted by molar-refractivity contribution is -0.120. The molecule has 1 unspecified atom stereocenters. The average molecular weight is 275 g/mol. The number of anilines is 1. The van der Waals surface area contributed by atoms with Gasteiger partial charge in [-0.2, -0.15) is 0 Å². The molecule has 1 aromatic carbocycles. The third kappa shape index (κ3) is 3.34. The maximum Gasteiger partial charge on any atom is 0.322 e. The van der Waals surface area contributed by atoms with Crippen molar-refractivity contribution >= 4 is 23.5 Å². The molecule has 1 atom stereocenters. The number of imide groups is 1. The highest BCUT2D eigenvalue weighted by Crippen LogP contribution is 2.19. The Morgan fingerprint density at radius 1 is 1.25 bits per heavy atom. The molecule has 0 radical (unpaired) electrons. The normalized spacial score (nSPS) is 17.9. The lowest BCUT2D eigenvalue weighted by Crippen LogP contribution is -2.22. The van der Waals surface area contributed by atoms with E-state index in [9.17, 15) is 14.4 Å². The monoisotopic (exact) mass is 275 g/mol. The molecule has 1 aliphatic heterocycles. The lowest BCUT2D eigenvalue weighted by atomic mass is 10.1. The van der Waals surface area contributed by atoms with Gasteiger partial charge in [-0.25, -0.2) is 4.79 Å². The number of rotatable bonds is 4. The zero-order chi connectivity index (χ0) is 14.7. The Morgan fingerprint density at radius 2 is 1.90 bits per heavy atom. The number of hydrogen-bond donors (Lipinski definition) is 3. The molecule has 1 fully saturated rings. The Balaban J connectivity index is 2.01. The number of nitrogens with one attached hydrogen (secondary N) is 3. The van der Waals surface area contributed by atoms with Gasteiger partial charge in [0, 0.05) is 12.1 Å². The Labute approximate surface area is 116 Å². The maximum absolute atomic E-state index is 11.6. The van der Waals surface area contributed by atoms with Gasteiger partial charge in [0.1, 0.15) is 6.04 Å². The van der Waals surface area contributed by atoms with E-state index in [1.807, 2.05) is 13.8 Å². The molecule has 0 spiro atoms. The minimum Gasteiger partial charge on any atom is -0.326 e. The van der Waals surface area contributed by atoms with Crippen molar-refractivity contribution in [2.75, 3.05) is 5.32 Å². The Bertz CT molecular complexity index is 537. The third-order valence-electron chi connectivity index (χ3n) is 2.90. The molecule has 6 nitrogen and oxygen atoms in total. The van der Waals surface area contributed by atoms with Crippen LogP contribution in [-0.2, 0) is 9.59 Å². The molecule has 106 valence electrons. The molecule has 20 heavy (non-hydrogen) atoms. The van der Waals surface area contributed by atoms with Crippen LogP contribution in [-0.4, -0.2) is 17.8 Å². The smallest absolute Gasteiger partial charge is 0.322 e. The topological polar surface area (TPSA) is 87.3 Å². The summed E-state index contributed by atoms with van der Waals surface area (Å²) in [6.07, 6.45) is 0.461. The summed E-state index contributed by atoms with van der Waals surface area (Å²) in [5, 5.41) is 7.48. The summed E-state index contributed by atoms with van der Waals surface area (Å²) in [5.74, 6) is -0.113. The molecular formula is C14H17N3O3. The van der Waals surface area contributed by atoms with Crippen molar-refractivity contribution in [2.45, 2.75) is 26.3 Å². The van der Waals surface area contributed by atoms with Crippen LogP contribution >= 0.6 is 0 Å². The van der Waals surface area contributed by atoms with Gasteiger partial charge in [0.25, 0.3) is 5.91 Å². The van der Waals surface area contributed by atoms with Gasteiger partial charge in [0.15, 0.2) is 0 Å². The van der Waals surface area contributed by atoms with Crippen LogP contribution in [0.2, 0.25) is 0 Å². The van der Waals surface area contributed by atoms with Crippen LogP contribution < -0.4 is 16.0 Å². The van der Waals surface area contributed by atoms with Crippen LogP contribution in [0, 0.1) is 5.92 Å². The number of urea groups is 1. The fraction of sp³-hybridized carbons (Fsp3) is 0.357. The fourth-order valence-electron chi connectivity index (χ4n) is 1.99. The Hall–Kier alpha value is -2.37. The summed E-state index contributed by atoms with van der Waals surface area (Å²) < 4.78 is 0. The van der Waals surface area contributed by atoms with Crippen LogP contribution in [0.25, 0.3) is 0 Å². The lowest BCUT2D eigenvalue weighted by Gasteiger charge is -2.10. The summed E-state index contributed by atoms with van der Waals surface area (Å²) >= 11 is 0. The van der Waals surface area contributed by atoms with Crippen LogP contribution in [0.15, 0.2) is 24.3 Å². The highest BCUT2D eigenvalue weighted by atomic mass is 16.2. The zero-order valence-corrected chi connectivity index (χ0v) is 11.4. The molecule has 1 saturated heterocycles. The predicted octanol–water partition coefficient (Wildman–Crippen LogP) is 1.55. The van der Waals surface area contributed by atoms with E-state index < -0.39 is 12.1 Å². The van der Waals surface area contributed by atoms with Crippen molar-refractivity contribution in [3.8, 4) is 0 Å². The first-order valence-electron chi connectivity index (χ1n) is 6.47. The molecule has 4 amide bonds. The predicted molar refractivity (Wildman–Crippen MR) is 73.9 cm³/mol. The molecular weight excluding hydrogens is 258 g/mol. The molecule has 0 bridgehead atoms. The van der Waals surface area contributed by atoms with Crippen molar-refractivity contribution in [3.05, 3.63) is 29.8 Å². The molecule has 1 aromatic rings. The minimum atomic E-state index is -0.664. The number of carbonyl (C=O) groups excluding carboxylic acids is 3. The van der Waals surface area contributed by atoms with Gasteiger partial charge in [-0.05, 0) is 23.6 Å². The van der Waals surface area contributed by atoms with Crippen molar-refractivity contribution in [1.82, 2.24) is 10.6 Å². The second-order valence-corrected chi connectivity index (χ2v) is 5.16. The van der Waals surface area contributed by atoms with Crippen molar-refractivity contribution in [2.24, 2.45) is 5.92 Å². The summed E-state index contributed by atoms with van der Waals surface area (Å²) in [7, 11) is 0. The molecule has 0 saturated carbocycles. The molecule has 1 heterocycles. The van der Waals surface area contributed by atoms with Gasteiger partial charge in [0.05, 0.1) is 0 Å². The molecule has 0 aromatic heterocycles. The molecule has 6 heteroatoms. The first-order chi connectivity index (χ1) is 9.45. The Morgan fingerprint density at radius 3 is 2.40 bits per heavy atom. The first kappa shape index (κ1) is 14.0. The van der Waals surface area contributed by atoms with E-state index in [2.05, 4.69) is 16.0 Å². The maximum atomic E-state index is 11.6. The molecule has 0 aliphatic carbocycles. The fourth-order valence-corrected chi connectivity index (χ4v) is 1.99. The van der Waals surface area contributed by atoms with E-state index in [1.165, 1.54) is 0 Å². The SMILES string of the molecule is CC(C)CC(=O)Nc1ccc(C2NC(=O)NC2=O)cc1. The third-order valence-corrected chi connectivity index (χ3v) is 2.90. The summed E-state index contributed by atoms with van der Waals surface area (Å²) in [5.41, 5.74) is 1.35. The van der Waals surface area contributed by atoms with Crippen molar-refractivity contribution in [3.63, 3.8) is 0 Å². The summed E-state index contributed by atoms with van der Waals surface area (Å²) in [6.45, 7) is 3.95. The van der Waals surface area contributed by atoms with E-state index >= 15 is 0 Å². The van der Waals surface area contributed by atoms with Gasteiger partial charge in [-0.15, -0.1) is 0 Å². The van der Waals surface area contributed by atoms with Crippen molar-refractivity contribution in [1.29, 1.82) is 0 Å². The van der Waals surface area contributed by atoms with E-state index in [0.29, 0.717) is 23.6 Å². The van der Waals surface area contributed by atoms with E-state index in [0.717, 1.165) is 0 Å². The summed E-state index contributed by atoms with van der Waals surface area (Å²) in [6, 6.07) is 5.69. The quantitative estimate of drug-likeness (QED) is 0.729. The van der Waals surface area contributed by atoms with Gasteiger partial charge in [-0.3, -0.25) is 14.9 Å². The Kier molecular flexibility index (Phi) is 4.02. The first-order valence-corrected chi connectivity index (χ1v) is 6.47. The van der Waals surface area contributed by atoms with Crippen molar-refractivity contribution < 1.29 is 14.4 Å². The molecule has 2 rings (SSSR count). The average Bonchev–Trinajstić information content (AvgIpc) is 2.68. The second kappa shape index (κ2) is 5.73. The van der Waals surface area contributed by atoms with Gasteiger partial charge in [-0.1, -0.05) is 26.0 Å². The molecule has 1 aliphatic rings.